The van der Waals surface area contributed by atoms with E-state index >= 15 is 0 Å². The highest BCUT2D eigenvalue weighted by Crippen LogP contribution is 2.34. The number of sulfonamides is 1. The Balaban J connectivity index is 1.30. The quantitative estimate of drug-likeness (QED) is 0.729. The first kappa shape index (κ1) is 18.7. The molecule has 1 amide bonds. The summed E-state index contributed by atoms with van der Waals surface area (Å²) in [6.07, 6.45) is 0. The molecule has 0 radical (unpaired) electrons. The summed E-state index contributed by atoms with van der Waals surface area (Å²) in [5.74, 6) is 1.16. The van der Waals surface area contributed by atoms with Crippen LogP contribution >= 0.6 is 0 Å². The maximum Gasteiger partial charge on any atom is 0.279 e. The van der Waals surface area contributed by atoms with Crippen molar-refractivity contribution in [3.8, 4) is 11.5 Å². The van der Waals surface area contributed by atoms with Crippen LogP contribution in [0.2, 0.25) is 0 Å². The third-order valence-electron chi connectivity index (χ3n) is 4.88. The molecule has 28 heavy (non-hydrogen) atoms. The fourth-order valence-corrected chi connectivity index (χ4v) is 4.83. The van der Waals surface area contributed by atoms with Crippen LogP contribution in [0.4, 0.5) is 5.69 Å². The Morgan fingerprint density at radius 2 is 1.75 bits per heavy atom. The van der Waals surface area contributed by atoms with Crippen LogP contribution in [0.25, 0.3) is 0 Å². The van der Waals surface area contributed by atoms with Gasteiger partial charge in [-0.05, 0) is 24.3 Å². The number of hydrogen-bond acceptors (Lipinski definition) is 5. The molecule has 0 aromatic heterocycles. The van der Waals surface area contributed by atoms with Crippen molar-refractivity contribution in [1.82, 2.24) is 4.31 Å². The maximum absolute atomic E-state index is 12.7. The van der Waals surface area contributed by atoms with Crippen molar-refractivity contribution >= 4 is 21.6 Å². The molecule has 0 spiro atoms. The van der Waals surface area contributed by atoms with Crippen LogP contribution in [-0.2, 0) is 14.8 Å². The van der Waals surface area contributed by atoms with Crippen LogP contribution in [0.1, 0.15) is 0 Å². The summed E-state index contributed by atoms with van der Waals surface area (Å²) in [7, 11) is -3.47. The highest BCUT2D eigenvalue weighted by atomic mass is 32.2. The largest absolute Gasteiger partial charge is 0.454 e. The van der Waals surface area contributed by atoms with Crippen molar-refractivity contribution in [3.63, 3.8) is 0 Å². The summed E-state index contributed by atoms with van der Waals surface area (Å²) in [6.45, 7) is 2.43. The molecule has 2 N–H and O–H groups in total. The van der Waals surface area contributed by atoms with Gasteiger partial charge in [0.25, 0.3) is 5.91 Å². The number of rotatable bonds is 5. The summed E-state index contributed by atoms with van der Waals surface area (Å²) < 4.78 is 37.4. The number of piperazine rings is 1. The van der Waals surface area contributed by atoms with Gasteiger partial charge in [-0.25, -0.2) is 8.42 Å². The average Bonchev–Trinajstić information content (AvgIpc) is 3.17. The molecule has 1 fully saturated rings. The third-order valence-corrected chi connectivity index (χ3v) is 6.79. The van der Waals surface area contributed by atoms with Crippen LogP contribution < -0.4 is 19.7 Å². The van der Waals surface area contributed by atoms with Gasteiger partial charge in [0.2, 0.25) is 16.8 Å². The van der Waals surface area contributed by atoms with Crippen molar-refractivity contribution in [2.45, 2.75) is 4.90 Å². The third kappa shape index (κ3) is 3.96. The van der Waals surface area contributed by atoms with Gasteiger partial charge in [-0.2, -0.15) is 4.31 Å². The first-order valence-corrected chi connectivity index (χ1v) is 10.5. The second-order valence-corrected chi connectivity index (χ2v) is 8.70. The van der Waals surface area contributed by atoms with Gasteiger partial charge in [-0.15, -0.1) is 0 Å². The number of nitrogens with one attached hydrogen (secondary N) is 2. The Morgan fingerprint density at radius 1 is 1.04 bits per heavy atom. The van der Waals surface area contributed by atoms with E-state index in [1.807, 2.05) is 0 Å². The lowest BCUT2D eigenvalue weighted by Gasteiger charge is -2.31. The van der Waals surface area contributed by atoms with Crippen LogP contribution in [0, 0.1) is 0 Å². The summed E-state index contributed by atoms with van der Waals surface area (Å²) in [6, 6.07) is 13.7. The number of ether oxygens (including phenoxy) is 2. The number of benzene rings is 2. The van der Waals surface area contributed by atoms with Crippen LogP contribution in [0.15, 0.2) is 53.4 Å². The van der Waals surface area contributed by atoms with E-state index in [-0.39, 0.29) is 19.2 Å². The Hall–Kier alpha value is -2.62. The van der Waals surface area contributed by atoms with E-state index in [0.29, 0.717) is 48.3 Å². The van der Waals surface area contributed by atoms with Gasteiger partial charge in [0.1, 0.15) is 0 Å². The number of nitrogens with zero attached hydrogens (tertiary/aromatic N) is 1. The topological polar surface area (TPSA) is 89.4 Å². The fourth-order valence-electron chi connectivity index (χ4n) is 3.37. The second kappa shape index (κ2) is 7.78. The SMILES string of the molecule is O=C(C[NH+]1CCN(S(=O)(=O)c2ccccc2)CC1)Nc1ccc2c(c1)OCO2. The van der Waals surface area contributed by atoms with E-state index in [9.17, 15) is 13.2 Å². The highest BCUT2D eigenvalue weighted by Gasteiger charge is 2.31. The van der Waals surface area contributed by atoms with Gasteiger partial charge in [0.05, 0.1) is 31.1 Å². The number of fused-ring (bicyclic) bond motifs is 1. The predicted octanol–water partition coefficient (Wildman–Crippen LogP) is -0.0568. The molecule has 9 heteroatoms. The Morgan fingerprint density at radius 3 is 2.50 bits per heavy atom. The minimum Gasteiger partial charge on any atom is -0.454 e. The van der Waals surface area contributed by atoms with E-state index < -0.39 is 10.0 Å². The molecular formula is C19H22N3O5S+. The highest BCUT2D eigenvalue weighted by molar-refractivity contribution is 7.89. The zero-order chi connectivity index (χ0) is 19.6. The molecule has 0 bridgehead atoms. The predicted molar refractivity (Wildman–Crippen MR) is 102 cm³/mol. The number of carbonyl (C=O) groups is 1. The van der Waals surface area contributed by atoms with Gasteiger partial charge in [-0.1, -0.05) is 18.2 Å². The lowest BCUT2D eigenvalue weighted by molar-refractivity contribution is -0.895. The molecule has 2 aromatic carbocycles. The first-order chi connectivity index (χ1) is 13.5. The zero-order valence-electron chi connectivity index (χ0n) is 15.3. The zero-order valence-corrected chi connectivity index (χ0v) is 16.1. The molecule has 2 aliphatic heterocycles. The van der Waals surface area contributed by atoms with Crippen molar-refractivity contribution in [1.29, 1.82) is 0 Å². The minimum atomic E-state index is -3.47. The van der Waals surface area contributed by atoms with Crippen molar-refractivity contribution in [2.75, 3.05) is 44.8 Å². The van der Waals surface area contributed by atoms with E-state index in [4.69, 9.17) is 9.47 Å². The summed E-state index contributed by atoms with van der Waals surface area (Å²) >= 11 is 0. The van der Waals surface area contributed by atoms with Gasteiger partial charge >= 0.3 is 0 Å². The monoisotopic (exact) mass is 404 g/mol. The molecule has 0 atom stereocenters. The smallest absolute Gasteiger partial charge is 0.279 e. The van der Waals surface area contributed by atoms with Crippen LogP contribution in [-0.4, -0.2) is 58.1 Å². The number of anilines is 1. The van der Waals surface area contributed by atoms with E-state index in [1.54, 1.807) is 48.5 Å². The first-order valence-electron chi connectivity index (χ1n) is 9.11. The number of amides is 1. The van der Waals surface area contributed by atoms with Gasteiger partial charge in [0, 0.05) is 11.8 Å². The molecule has 0 unspecified atom stereocenters. The molecule has 8 nitrogen and oxygen atoms in total. The van der Waals surface area contributed by atoms with Crippen molar-refractivity contribution in [3.05, 3.63) is 48.5 Å². The van der Waals surface area contributed by atoms with E-state index in [1.165, 1.54) is 4.31 Å². The maximum atomic E-state index is 12.7. The number of carbonyl (C=O) groups excluding carboxylic acids is 1. The van der Waals surface area contributed by atoms with E-state index in [0.717, 1.165) is 4.90 Å². The van der Waals surface area contributed by atoms with E-state index in [2.05, 4.69) is 5.32 Å². The Kier molecular flexibility index (Phi) is 5.21. The Labute approximate surface area is 163 Å². The molecule has 1 saturated heterocycles. The minimum absolute atomic E-state index is 0.117. The van der Waals surface area contributed by atoms with Gasteiger partial charge < -0.3 is 19.7 Å². The molecule has 2 aliphatic rings. The average molecular weight is 404 g/mol. The van der Waals surface area contributed by atoms with Crippen molar-refractivity contribution in [2.24, 2.45) is 0 Å². The summed E-state index contributed by atoms with van der Waals surface area (Å²) in [5.41, 5.74) is 0.652. The molecule has 148 valence electrons. The molecule has 2 aromatic rings. The van der Waals surface area contributed by atoms with Gasteiger partial charge in [0.15, 0.2) is 18.0 Å². The lowest BCUT2D eigenvalue weighted by atomic mass is 10.2. The van der Waals surface area contributed by atoms with Gasteiger partial charge in [-0.3, -0.25) is 4.79 Å². The Bertz CT molecular complexity index is 957. The van der Waals surface area contributed by atoms with Crippen LogP contribution in [0.3, 0.4) is 0 Å². The normalized spacial score (nSPS) is 17.4. The molecule has 0 saturated carbocycles. The molecular weight excluding hydrogens is 382 g/mol. The number of quaternary nitrogens is 1. The molecule has 4 rings (SSSR count). The summed E-state index contributed by atoms with van der Waals surface area (Å²) in [5, 5.41) is 2.86. The lowest BCUT2D eigenvalue weighted by Crippen LogP contribution is -3.15. The molecule has 2 heterocycles. The standard InChI is InChI=1S/C19H21N3O5S/c23-19(20-15-6-7-17-18(12-15)27-14-26-17)13-21-8-10-22(11-9-21)28(24,25)16-4-2-1-3-5-16/h1-7,12H,8-11,13-14H2,(H,20,23)/p+1. The molecule has 0 aliphatic carbocycles. The summed E-state index contributed by atoms with van der Waals surface area (Å²) in [4.78, 5) is 13.7. The fraction of sp³-hybridized carbons (Fsp3) is 0.316. The van der Waals surface area contributed by atoms with Crippen LogP contribution in [0.5, 0.6) is 11.5 Å². The van der Waals surface area contributed by atoms with Crippen molar-refractivity contribution < 1.29 is 27.6 Å². The number of hydrogen-bond donors (Lipinski definition) is 2. The second-order valence-electron chi connectivity index (χ2n) is 6.76.